The summed E-state index contributed by atoms with van der Waals surface area (Å²) in [6.07, 6.45) is 0. The topological polar surface area (TPSA) is 13.1 Å². The van der Waals surface area contributed by atoms with Crippen LogP contribution in [0.2, 0.25) is 0 Å². The highest BCUT2D eigenvalue weighted by molar-refractivity contribution is 7.27. The van der Waals surface area contributed by atoms with E-state index in [0.717, 1.165) is 11.2 Å². The number of para-hydroxylation sites is 1. The molecule has 2 heteroatoms. The highest BCUT2D eigenvalue weighted by Crippen LogP contribution is 2.46. The fourth-order valence-electron chi connectivity index (χ4n) is 3.85. The zero-order valence-electron chi connectivity index (χ0n) is 12.7. The minimum Gasteiger partial charge on any atom is -0.455 e. The number of fused-ring (bicyclic) bond motifs is 10. The average Bonchev–Trinajstić information content (AvgIpc) is 3.20. The Hall–Kier alpha value is -2.84. The van der Waals surface area contributed by atoms with Crippen LogP contribution in [-0.2, 0) is 0 Å². The predicted molar refractivity (Wildman–Crippen MR) is 104 cm³/mol. The maximum atomic E-state index is 6.30. The van der Waals surface area contributed by atoms with E-state index < -0.39 is 0 Å². The maximum absolute atomic E-state index is 6.30. The van der Waals surface area contributed by atoms with E-state index in [-0.39, 0.29) is 0 Å². The molecule has 0 bridgehead atoms. The molecule has 0 saturated carbocycles. The van der Waals surface area contributed by atoms with Crippen molar-refractivity contribution in [3.8, 4) is 0 Å². The molecule has 0 aliphatic carbocycles. The van der Waals surface area contributed by atoms with Crippen LogP contribution in [0.25, 0.3) is 52.9 Å². The lowest BCUT2D eigenvalue weighted by Crippen LogP contribution is -1.76. The number of rotatable bonds is 0. The average molecular weight is 324 g/mol. The van der Waals surface area contributed by atoms with Crippen molar-refractivity contribution in [2.24, 2.45) is 0 Å². The van der Waals surface area contributed by atoms with Gasteiger partial charge in [-0.25, -0.2) is 0 Å². The Bertz CT molecular complexity index is 1290. The van der Waals surface area contributed by atoms with E-state index in [2.05, 4.69) is 66.7 Å². The molecule has 2 aromatic heterocycles. The van der Waals surface area contributed by atoms with Gasteiger partial charge in [-0.15, -0.1) is 11.3 Å². The molecule has 0 N–H and O–H groups in total. The van der Waals surface area contributed by atoms with Crippen molar-refractivity contribution >= 4 is 64.2 Å². The summed E-state index contributed by atoms with van der Waals surface area (Å²) in [4.78, 5) is 0. The van der Waals surface area contributed by atoms with Gasteiger partial charge in [0.25, 0.3) is 0 Å². The van der Waals surface area contributed by atoms with Gasteiger partial charge in [0.1, 0.15) is 11.2 Å². The third-order valence-corrected chi connectivity index (χ3v) is 6.06. The molecule has 2 heterocycles. The summed E-state index contributed by atoms with van der Waals surface area (Å²) in [5, 5.41) is 7.57. The van der Waals surface area contributed by atoms with E-state index in [1.165, 1.54) is 41.7 Å². The Morgan fingerprint density at radius 3 is 2.12 bits per heavy atom. The van der Waals surface area contributed by atoms with Gasteiger partial charge in [0, 0.05) is 41.7 Å². The number of benzene rings is 4. The summed E-state index contributed by atoms with van der Waals surface area (Å²) in [6, 6.07) is 25.6. The Labute approximate surface area is 141 Å². The van der Waals surface area contributed by atoms with E-state index in [9.17, 15) is 0 Å². The molecular weight excluding hydrogens is 312 g/mol. The minimum atomic E-state index is 0.959. The Balaban J connectivity index is 2.10. The molecule has 0 radical (unpaired) electrons. The molecule has 0 amide bonds. The van der Waals surface area contributed by atoms with Crippen molar-refractivity contribution in [1.82, 2.24) is 0 Å². The van der Waals surface area contributed by atoms with Gasteiger partial charge in [-0.1, -0.05) is 60.7 Å². The monoisotopic (exact) mass is 324 g/mol. The van der Waals surface area contributed by atoms with Crippen LogP contribution < -0.4 is 0 Å². The van der Waals surface area contributed by atoms with Gasteiger partial charge in [-0.3, -0.25) is 0 Å². The highest BCUT2D eigenvalue weighted by atomic mass is 32.1. The van der Waals surface area contributed by atoms with Crippen molar-refractivity contribution in [1.29, 1.82) is 0 Å². The molecular formula is C22H12OS. The standard InChI is InChI=1S/C22H12OS/c1-2-8-14-13(7-1)21-19(15-9-3-5-11-17(15)23-21)20-16-10-4-6-12-18(16)24-22(14)20/h1-12H. The van der Waals surface area contributed by atoms with Crippen molar-refractivity contribution in [3.63, 3.8) is 0 Å². The summed E-state index contributed by atoms with van der Waals surface area (Å²) < 4.78 is 8.98. The van der Waals surface area contributed by atoms with Crippen LogP contribution in [0.4, 0.5) is 0 Å². The van der Waals surface area contributed by atoms with Gasteiger partial charge in [-0.05, 0) is 12.1 Å². The van der Waals surface area contributed by atoms with Gasteiger partial charge in [0.2, 0.25) is 0 Å². The first-order chi connectivity index (χ1) is 11.9. The quantitative estimate of drug-likeness (QED) is 0.290. The van der Waals surface area contributed by atoms with Crippen molar-refractivity contribution < 1.29 is 4.42 Å². The molecule has 0 aliphatic heterocycles. The number of furan rings is 1. The Morgan fingerprint density at radius 1 is 0.583 bits per heavy atom. The summed E-state index contributed by atoms with van der Waals surface area (Å²) in [7, 11) is 0. The van der Waals surface area contributed by atoms with E-state index in [1.54, 1.807) is 0 Å². The first-order valence-electron chi connectivity index (χ1n) is 8.05. The Morgan fingerprint density at radius 2 is 1.25 bits per heavy atom. The van der Waals surface area contributed by atoms with E-state index in [1.807, 2.05) is 17.4 Å². The molecule has 112 valence electrons. The van der Waals surface area contributed by atoms with Crippen molar-refractivity contribution in [3.05, 3.63) is 72.8 Å². The van der Waals surface area contributed by atoms with Crippen LogP contribution in [0.1, 0.15) is 0 Å². The molecule has 24 heavy (non-hydrogen) atoms. The summed E-state index contributed by atoms with van der Waals surface area (Å²) >= 11 is 1.88. The van der Waals surface area contributed by atoms with Crippen LogP contribution >= 0.6 is 11.3 Å². The largest absolute Gasteiger partial charge is 0.455 e. The fraction of sp³-hybridized carbons (Fsp3) is 0. The molecule has 6 rings (SSSR count). The number of thiophene rings is 1. The first kappa shape index (κ1) is 12.6. The van der Waals surface area contributed by atoms with Crippen LogP contribution in [-0.4, -0.2) is 0 Å². The smallest absolute Gasteiger partial charge is 0.143 e. The van der Waals surface area contributed by atoms with Gasteiger partial charge in [0.05, 0.1) is 0 Å². The van der Waals surface area contributed by atoms with Crippen LogP contribution in [0, 0.1) is 0 Å². The molecule has 4 aromatic carbocycles. The Kier molecular flexibility index (Phi) is 2.29. The second-order valence-electron chi connectivity index (χ2n) is 6.15. The fourth-order valence-corrected chi connectivity index (χ4v) is 5.09. The lowest BCUT2D eigenvalue weighted by Gasteiger charge is -2.02. The second-order valence-corrected chi connectivity index (χ2v) is 7.20. The first-order valence-corrected chi connectivity index (χ1v) is 8.87. The minimum absolute atomic E-state index is 0.959. The SMILES string of the molecule is c1ccc2c(c1)oc1c3ccccc3c3sc4ccccc4c3c21. The maximum Gasteiger partial charge on any atom is 0.143 e. The van der Waals surface area contributed by atoms with E-state index in [4.69, 9.17) is 4.42 Å². The number of hydrogen-bond donors (Lipinski definition) is 0. The third-order valence-electron chi connectivity index (χ3n) is 4.86. The second kappa shape index (κ2) is 4.37. The van der Waals surface area contributed by atoms with Crippen LogP contribution in [0.5, 0.6) is 0 Å². The lowest BCUT2D eigenvalue weighted by atomic mass is 10.00. The number of hydrogen-bond acceptors (Lipinski definition) is 2. The van der Waals surface area contributed by atoms with Crippen LogP contribution in [0.15, 0.2) is 77.2 Å². The van der Waals surface area contributed by atoms with E-state index in [0.29, 0.717) is 0 Å². The molecule has 0 saturated heterocycles. The van der Waals surface area contributed by atoms with Gasteiger partial charge in [-0.2, -0.15) is 0 Å². The summed E-state index contributed by atoms with van der Waals surface area (Å²) in [5.74, 6) is 0. The third kappa shape index (κ3) is 1.44. The zero-order valence-corrected chi connectivity index (χ0v) is 13.6. The van der Waals surface area contributed by atoms with Crippen molar-refractivity contribution in [2.75, 3.05) is 0 Å². The van der Waals surface area contributed by atoms with E-state index >= 15 is 0 Å². The zero-order chi connectivity index (χ0) is 15.7. The molecule has 0 fully saturated rings. The van der Waals surface area contributed by atoms with Crippen molar-refractivity contribution in [2.45, 2.75) is 0 Å². The molecule has 1 nitrogen and oxygen atoms in total. The molecule has 0 atom stereocenters. The molecule has 0 spiro atoms. The summed E-state index contributed by atoms with van der Waals surface area (Å²) in [5.41, 5.74) is 1.96. The lowest BCUT2D eigenvalue weighted by molar-refractivity contribution is 0.673. The van der Waals surface area contributed by atoms with Crippen LogP contribution in [0.3, 0.4) is 0 Å². The molecule has 0 aliphatic rings. The van der Waals surface area contributed by atoms with Gasteiger partial charge in [0.15, 0.2) is 0 Å². The molecule has 6 aromatic rings. The predicted octanol–water partition coefficient (Wildman–Crippen LogP) is 7.11. The molecule has 0 unspecified atom stereocenters. The normalized spacial score (nSPS) is 12.2. The van der Waals surface area contributed by atoms with Gasteiger partial charge >= 0.3 is 0 Å². The van der Waals surface area contributed by atoms with Gasteiger partial charge < -0.3 is 4.42 Å². The summed E-state index contributed by atoms with van der Waals surface area (Å²) in [6.45, 7) is 0. The highest BCUT2D eigenvalue weighted by Gasteiger charge is 2.18.